The minimum Gasteiger partial charge on any atom is -0.491 e. The molecular formula is C27H38N6O8Si. The Labute approximate surface area is 244 Å². The first-order chi connectivity index (χ1) is 19.5. The van der Waals surface area contributed by atoms with Crippen molar-refractivity contribution < 1.29 is 28.6 Å². The van der Waals surface area contributed by atoms with Gasteiger partial charge in [0.05, 0.1) is 16.5 Å². The van der Waals surface area contributed by atoms with E-state index in [4.69, 9.17) is 20.6 Å². The zero-order chi connectivity index (χ0) is 31.7. The van der Waals surface area contributed by atoms with E-state index >= 15 is 0 Å². The van der Waals surface area contributed by atoms with Crippen molar-refractivity contribution in [2.75, 3.05) is 36.9 Å². The molecule has 0 saturated heterocycles. The molecule has 15 heteroatoms. The van der Waals surface area contributed by atoms with Crippen LogP contribution in [0.25, 0.3) is 0 Å². The lowest BCUT2D eigenvalue weighted by molar-refractivity contribution is -0.384. The summed E-state index contributed by atoms with van der Waals surface area (Å²) in [4.78, 5) is 45.0. The maximum atomic E-state index is 11.8. The summed E-state index contributed by atoms with van der Waals surface area (Å²) >= 11 is 0. The van der Waals surface area contributed by atoms with Crippen LogP contribution in [0, 0.1) is 20.2 Å². The molecule has 0 aliphatic carbocycles. The monoisotopic (exact) mass is 602 g/mol. The van der Waals surface area contributed by atoms with Gasteiger partial charge in [0.15, 0.2) is 14.0 Å². The molecule has 0 spiro atoms. The first-order valence-electron chi connectivity index (χ1n) is 13.1. The number of nitrogens with two attached hydrogens (primary N) is 2. The van der Waals surface area contributed by atoms with Gasteiger partial charge in [0.1, 0.15) is 11.4 Å². The smallest absolute Gasteiger partial charge is 0.296 e. The third kappa shape index (κ3) is 9.27. The third-order valence-corrected chi connectivity index (χ3v) is 11.4. The molecule has 0 unspecified atom stereocenters. The molecule has 0 aromatic heterocycles. The number of nitro groups is 2. The van der Waals surface area contributed by atoms with E-state index in [9.17, 15) is 29.8 Å². The van der Waals surface area contributed by atoms with Gasteiger partial charge >= 0.3 is 0 Å². The highest BCUT2D eigenvalue weighted by Crippen LogP contribution is 2.37. The zero-order valence-electron chi connectivity index (χ0n) is 24.4. The molecule has 2 amide bonds. The quantitative estimate of drug-likeness (QED) is 0.0690. The molecule has 2 rings (SSSR count). The number of ether oxygens (including phenoxy) is 1. The molecule has 0 aliphatic heterocycles. The Hall–Kier alpha value is -4.50. The number of rotatable bonds is 16. The van der Waals surface area contributed by atoms with Crippen molar-refractivity contribution in [3.63, 3.8) is 0 Å². The second kappa shape index (κ2) is 14.4. The minimum absolute atomic E-state index is 0.0112. The molecule has 42 heavy (non-hydrogen) atoms. The highest BCUT2D eigenvalue weighted by Gasteiger charge is 2.36. The van der Waals surface area contributed by atoms with Gasteiger partial charge < -0.3 is 31.3 Å². The summed E-state index contributed by atoms with van der Waals surface area (Å²) in [6.45, 7) is 11.6. The van der Waals surface area contributed by atoms with Gasteiger partial charge in [0.25, 0.3) is 11.4 Å². The van der Waals surface area contributed by atoms with E-state index in [2.05, 4.69) is 44.5 Å². The highest BCUT2D eigenvalue weighted by atomic mass is 28.4. The predicted octanol–water partition coefficient (Wildman–Crippen LogP) is 4.57. The van der Waals surface area contributed by atoms with Crippen LogP contribution < -0.4 is 26.8 Å². The Morgan fingerprint density at radius 1 is 0.905 bits per heavy atom. The molecule has 228 valence electrons. The lowest BCUT2D eigenvalue weighted by Gasteiger charge is -2.36. The molecule has 2 aromatic rings. The van der Waals surface area contributed by atoms with Gasteiger partial charge in [0, 0.05) is 49.4 Å². The molecule has 0 atom stereocenters. The van der Waals surface area contributed by atoms with Crippen molar-refractivity contribution in [1.29, 1.82) is 0 Å². The lowest BCUT2D eigenvalue weighted by Crippen LogP contribution is -2.41. The molecule has 6 N–H and O–H groups in total. The number of hydrogen-bond donors (Lipinski definition) is 4. The number of amides is 2. The van der Waals surface area contributed by atoms with E-state index in [0.29, 0.717) is 13.0 Å². The summed E-state index contributed by atoms with van der Waals surface area (Å²) in [5, 5.41) is 29.0. The van der Waals surface area contributed by atoms with Gasteiger partial charge in [-0.25, -0.2) is 0 Å². The van der Waals surface area contributed by atoms with Crippen LogP contribution in [0.4, 0.5) is 22.7 Å². The molecule has 0 fully saturated rings. The number of hydrogen-bond acceptors (Lipinski definition) is 10. The number of primary amides is 2. The lowest BCUT2D eigenvalue weighted by atomic mass is 10.1. The summed E-state index contributed by atoms with van der Waals surface area (Å²) in [7, 11) is -1.94. The van der Waals surface area contributed by atoms with E-state index in [0.717, 1.165) is 12.1 Å². The maximum absolute atomic E-state index is 11.8. The van der Waals surface area contributed by atoms with E-state index in [-0.39, 0.29) is 64.4 Å². The molecule has 0 heterocycles. The van der Waals surface area contributed by atoms with Crippen molar-refractivity contribution >= 4 is 42.9 Å². The summed E-state index contributed by atoms with van der Waals surface area (Å²) < 4.78 is 12.0. The second-order valence-electron chi connectivity index (χ2n) is 10.9. The number of carbonyl (C=O) groups is 2. The number of benzene rings is 2. The fourth-order valence-corrected chi connectivity index (χ4v) is 4.53. The van der Waals surface area contributed by atoms with Crippen molar-refractivity contribution in [2.45, 2.75) is 45.3 Å². The average Bonchev–Trinajstić information content (AvgIpc) is 2.89. The van der Waals surface area contributed by atoms with Crippen LogP contribution >= 0.6 is 0 Å². The Bertz CT molecular complexity index is 1360. The summed E-state index contributed by atoms with van der Waals surface area (Å²) in [6.07, 6.45) is 3.83. The van der Waals surface area contributed by atoms with Gasteiger partial charge in [-0.3, -0.25) is 29.8 Å². The second-order valence-corrected chi connectivity index (χ2v) is 15.7. The predicted molar refractivity (Wildman–Crippen MR) is 163 cm³/mol. The Kier molecular flexibility index (Phi) is 11.6. The van der Waals surface area contributed by atoms with Gasteiger partial charge in [0.2, 0.25) is 11.8 Å². The Morgan fingerprint density at radius 3 is 2.02 bits per heavy atom. The number of nitrogens with zero attached hydrogens (tertiary/aromatic N) is 2. The van der Waals surface area contributed by atoms with Crippen molar-refractivity contribution in [2.24, 2.45) is 11.5 Å². The average molecular weight is 603 g/mol. The van der Waals surface area contributed by atoms with Crippen LogP contribution in [0.15, 0.2) is 42.5 Å². The van der Waals surface area contributed by atoms with Crippen LogP contribution in [0.3, 0.4) is 0 Å². The summed E-state index contributed by atoms with van der Waals surface area (Å²) in [5.41, 5.74) is 10.1. The Balaban J connectivity index is 2.10. The van der Waals surface area contributed by atoms with Crippen molar-refractivity contribution in [1.82, 2.24) is 0 Å². The number of nitrogens with one attached hydrogen (secondary N) is 2. The normalized spacial score (nSPS) is 11.7. The van der Waals surface area contributed by atoms with Crippen molar-refractivity contribution in [3.05, 3.63) is 73.8 Å². The first kappa shape index (κ1) is 33.7. The van der Waals surface area contributed by atoms with Gasteiger partial charge in [-0.2, -0.15) is 0 Å². The zero-order valence-corrected chi connectivity index (χ0v) is 25.4. The molecule has 0 aliphatic rings. The number of anilines is 2. The topological polar surface area (TPSA) is 215 Å². The van der Waals surface area contributed by atoms with Gasteiger partial charge in [-0.1, -0.05) is 32.9 Å². The van der Waals surface area contributed by atoms with Crippen LogP contribution in [0.1, 0.15) is 47.9 Å². The van der Waals surface area contributed by atoms with Crippen molar-refractivity contribution in [3.8, 4) is 5.75 Å². The first-order valence-corrected chi connectivity index (χ1v) is 16.1. The molecule has 0 saturated carbocycles. The molecular weight excluding hydrogens is 564 g/mol. The van der Waals surface area contributed by atoms with Crippen LogP contribution in [0.2, 0.25) is 18.1 Å². The molecule has 2 aromatic carbocycles. The van der Waals surface area contributed by atoms with Crippen LogP contribution in [0.5, 0.6) is 5.75 Å². The van der Waals surface area contributed by atoms with E-state index in [1.807, 2.05) is 0 Å². The van der Waals surface area contributed by atoms with E-state index in [1.54, 1.807) is 12.2 Å². The third-order valence-electron chi connectivity index (χ3n) is 6.83. The van der Waals surface area contributed by atoms with Crippen LogP contribution in [-0.2, 0) is 4.43 Å². The summed E-state index contributed by atoms with van der Waals surface area (Å²) in [5.74, 6) is -1.52. The number of nitro benzene ring substituents is 2. The minimum atomic E-state index is -1.94. The summed E-state index contributed by atoms with van der Waals surface area (Å²) in [6, 6.07) is 6.28. The standard InChI is InChI=1S/C27H38N6O8Si/c1-27(2,3)42(4,5)41-14-8-13-40-23-17-19(26(29)35)16-22(33(38)39)24(23)31-12-7-6-11-30-20-10-9-18(25(28)34)15-21(20)32(36)37/h6-7,9-10,15-17,30-31H,8,11-14H2,1-5H3,(H2,28,34)(H2,29,35)/b7-6+. The highest BCUT2D eigenvalue weighted by molar-refractivity contribution is 6.74. The Morgan fingerprint density at radius 2 is 1.48 bits per heavy atom. The fraction of sp³-hybridized carbons (Fsp3) is 0.407. The SMILES string of the molecule is CC(C)(C)[Si](C)(C)OCCCOc1cc(C(N)=O)cc([N+](=O)[O-])c1NC/C=C/CNc1ccc(C(N)=O)cc1[N+](=O)[O-]. The maximum Gasteiger partial charge on any atom is 0.296 e. The van der Waals surface area contributed by atoms with E-state index in [1.165, 1.54) is 18.2 Å². The fourth-order valence-electron chi connectivity index (χ4n) is 3.45. The van der Waals surface area contributed by atoms with Gasteiger partial charge in [-0.05, 0) is 36.3 Å². The van der Waals surface area contributed by atoms with Crippen LogP contribution in [-0.4, -0.2) is 56.3 Å². The largest absolute Gasteiger partial charge is 0.491 e. The molecule has 0 bridgehead atoms. The van der Waals surface area contributed by atoms with E-state index < -0.39 is 30.0 Å². The molecule has 14 nitrogen and oxygen atoms in total. The molecule has 0 radical (unpaired) electrons. The number of carbonyl (C=O) groups excluding carboxylic acids is 2. The van der Waals surface area contributed by atoms with Gasteiger partial charge in [-0.15, -0.1) is 0 Å².